The molecule has 0 aliphatic carbocycles. The molecule has 0 aromatic heterocycles. The fourth-order valence-corrected chi connectivity index (χ4v) is 2.19. The molecule has 0 aromatic carbocycles. The van der Waals surface area contributed by atoms with Crippen molar-refractivity contribution in [3.63, 3.8) is 0 Å². The SMILES string of the molecule is CC(C)N1CC(CNC2CCOC2)C1. The molecule has 0 bridgehead atoms. The van der Waals surface area contributed by atoms with Gasteiger partial charge in [-0.3, -0.25) is 0 Å². The highest BCUT2D eigenvalue weighted by Crippen LogP contribution is 2.17. The van der Waals surface area contributed by atoms with Crippen LogP contribution in [0.25, 0.3) is 0 Å². The molecule has 0 aromatic rings. The van der Waals surface area contributed by atoms with E-state index in [2.05, 4.69) is 24.1 Å². The second-order valence-corrected chi connectivity index (χ2v) is 4.88. The summed E-state index contributed by atoms with van der Waals surface area (Å²) in [6, 6.07) is 1.35. The Bertz CT molecular complexity index is 172. The van der Waals surface area contributed by atoms with E-state index in [9.17, 15) is 0 Å². The smallest absolute Gasteiger partial charge is 0.0620 e. The van der Waals surface area contributed by atoms with E-state index in [0.29, 0.717) is 6.04 Å². The van der Waals surface area contributed by atoms with E-state index in [1.165, 1.54) is 26.1 Å². The highest BCUT2D eigenvalue weighted by atomic mass is 16.5. The second-order valence-electron chi connectivity index (χ2n) is 4.88. The van der Waals surface area contributed by atoms with Crippen LogP contribution in [-0.2, 0) is 4.74 Å². The number of hydrogen-bond donors (Lipinski definition) is 1. The molecule has 14 heavy (non-hydrogen) atoms. The summed E-state index contributed by atoms with van der Waals surface area (Å²) in [7, 11) is 0. The molecule has 2 fully saturated rings. The zero-order chi connectivity index (χ0) is 9.97. The van der Waals surface area contributed by atoms with E-state index in [0.717, 1.165) is 25.2 Å². The van der Waals surface area contributed by atoms with E-state index in [1.807, 2.05) is 0 Å². The van der Waals surface area contributed by atoms with Crippen molar-refractivity contribution in [1.29, 1.82) is 0 Å². The van der Waals surface area contributed by atoms with Crippen molar-refractivity contribution < 1.29 is 4.74 Å². The summed E-state index contributed by atoms with van der Waals surface area (Å²) < 4.78 is 5.33. The Hall–Kier alpha value is -0.120. The maximum absolute atomic E-state index is 5.33. The first-order chi connectivity index (χ1) is 6.75. The maximum Gasteiger partial charge on any atom is 0.0620 e. The number of rotatable bonds is 4. The Kier molecular flexibility index (Phi) is 3.42. The third-order valence-electron chi connectivity index (χ3n) is 3.34. The summed E-state index contributed by atoms with van der Waals surface area (Å²) in [5.74, 6) is 0.873. The van der Waals surface area contributed by atoms with Crippen molar-refractivity contribution in [1.82, 2.24) is 10.2 Å². The van der Waals surface area contributed by atoms with Gasteiger partial charge in [0.05, 0.1) is 6.61 Å². The molecular formula is C11H22N2O. The summed E-state index contributed by atoms with van der Waals surface area (Å²) in [6.45, 7) is 10.1. The minimum atomic E-state index is 0.628. The average molecular weight is 198 g/mol. The van der Waals surface area contributed by atoms with Gasteiger partial charge in [-0.05, 0) is 26.2 Å². The van der Waals surface area contributed by atoms with Crippen LogP contribution in [0.1, 0.15) is 20.3 Å². The summed E-state index contributed by atoms with van der Waals surface area (Å²) in [6.07, 6.45) is 1.20. The lowest BCUT2D eigenvalue weighted by atomic mass is 9.98. The molecule has 82 valence electrons. The third kappa shape index (κ3) is 2.47. The monoisotopic (exact) mass is 198 g/mol. The number of likely N-dealkylation sites (tertiary alicyclic amines) is 1. The Morgan fingerprint density at radius 3 is 2.79 bits per heavy atom. The van der Waals surface area contributed by atoms with Crippen LogP contribution in [0.4, 0.5) is 0 Å². The predicted octanol–water partition coefficient (Wildman–Crippen LogP) is 0.705. The van der Waals surface area contributed by atoms with Crippen LogP contribution in [0.2, 0.25) is 0 Å². The van der Waals surface area contributed by atoms with Gasteiger partial charge in [-0.15, -0.1) is 0 Å². The number of ether oxygens (including phenoxy) is 1. The minimum absolute atomic E-state index is 0.628. The van der Waals surface area contributed by atoms with Gasteiger partial charge in [0.2, 0.25) is 0 Å². The summed E-state index contributed by atoms with van der Waals surface area (Å²) in [5.41, 5.74) is 0. The standard InChI is InChI=1S/C11H22N2O/c1-9(2)13-6-10(7-13)5-12-11-3-4-14-8-11/h9-12H,3-8H2,1-2H3. The lowest BCUT2D eigenvalue weighted by Crippen LogP contribution is -2.54. The van der Waals surface area contributed by atoms with Crippen molar-refractivity contribution in [2.24, 2.45) is 5.92 Å². The molecule has 0 amide bonds. The first kappa shape index (κ1) is 10.4. The molecule has 2 saturated heterocycles. The molecule has 2 rings (SSSR count). The van der Waals surface area contributed by atoms with Crippen LogP contribution in [0, 0.1) is 5.92 Å². The van der Waals surface area contributed by atoms with Gasteiger partial charge in [-0.1, -0.05) is 0 Å². The first-order valence-electron chi connectivity index (χ1n) is 5.81. The molecule has 3 heteroatoms. The van der Waals surface area contributed by atoms with Crippen LogP contribution >= 0.6 is 0 Å². The van der Waals surface area contributed by atoms with Gasteiger partial charge in [-0.25, -0.2) is 0 Å². The molecule has 1 N–H and O–H groups in total. The topological polar surface area (TPSA) is 24.5 Å². The van der Waals surface area contributed by atoms with E-state index in [-0.39, 0.29) is 0 Å². The summed E-state index contributed by atoms with van der Waals surface area (Å²) in [5, 5.41) is 3.59. The zero-order valence-corrected chi connectivity index (χ0v) is 9.33. The largest absolute Gasteiger partial charge is 0.380 e. The Balaban J connectivity index is 1.55. The van der Waals surface area contributed by atoms with E-state index in [1.54, 1.807) is 0 Å². The van der Waals surface area contributed by atoms with Gasteiger partial charge < -0.3 is 15.0 Å². The van der Waals surface area contributed by atoms with Gasteiger partial charge >= 0.3 is 0 Å². The minimum Gasteiger partial charge on any atom is -0.380 e. The van der Waals surface area contributed by atoms with Crippen LogP contribution in [0.3, 0.4) is 0 Å². The third-order valence-corrected chi connectivity index (χ3v) is 3.34. The number of hydrogen-bond acceptors (Lipinski definition) is 3. The lowest BCUT2D eigenvalue weighted by Gasteiger charge is -2.42. The molecule has 1 unspecified atom stereocenters. The molecule has 2 heterocycles. The van der Waals surface area contributed by atoms with Gasteiger partial charge in [0.1, 0.15) is 0 Å². The molecule has 3 nitrogen and oxygen atoms in total. The average Bonchev–Trinajstić information content (AvgIpc) is 2.52. The Morgan fingerprint density at radius 1 is 1.43 bits per heavy atom. The van der Waals surface area contributed by atoms with Crippen LogP contribution < -0.4 is 5.32 Å². The summed E-state index contributed by atoms with van der Waals surface area (Å²) in [4.78, 5) is 2.53. The van der Waals surface area contributed by atoms with Gasteiger partial charge in [0, 0.05) is 38.3 Å². The Labute approximate surface area is 86.8 Å². The lowest BCUT2D eigenvalue weighted by molar-refractivity contribution is 0.0655. The van der Waals surface area contributed by atoms with Crippen molar-refractivity contribution in [2.75, 3.05) is 32.8 Å². The van der Waals surface area contributed by atoms with Gasteiger partial charge in [-0.2, -0.15) is 0 Å². The van der Waals surface area contributed by atoms with Crippen LogP contribution in [-0.4, -0.2) is 49.8 Å². The molecule has 0 saturated carbocycles. The Morgan fingerprint density at radius 2 is 2.21 bits per heavy atom. The normalized spacial score (nSPS) is 29.8. The zero-order valence-electron chi connectivity index (χ0n) is 9.33. The van der Waals surface area contributed by atoms with E-state index < -0.39 is 0 Å². The van der Waals surface area contributed by atoms with Crippen molar-refractivity contribution in [3.8, 4) is 0 Å². The van der Waals surface area contributed by atoms with E-state index in [4.69, 9.17) is 4.74 Å². The fourth-order valence-electron chi connectivity index (χ4n) is 2.19. The van der Waals surface area contributed by atoms with Gasteiger partial charge in [0.15, 0.2) is 0 Å². The van der Waals surface area contributed by atoms with Crippen molar-refractivity contribution in [2.45, 2.75) is 32.4 Å². The highest BCUT2D eigenvalue weighted by molar-refractivity contribution is 4.84. The molecule has 0 spiro atoms. The van der Waals surface area contributed by atoms with Crippen LogP contribution in [0.5, 0.6) is 0 Å². The predicted molar refractivity (Wildman–Crippen MR) is 57.4 cm³/mol. The highest BCUT2D eigenvalue weighted by Gasteiger charge is 2.28. The van der Waals surface area contributed by atoms with Crippen LogP contribution in [0.15, 0.2) is 0 Å². The first-order valence-corrected chi connectivity index (χ1v) is 5.81. The van der Waals surface area contributed by atoms with Crippen molar-refractivity contribution in [3.05, 3.63) is 0 Å². The molecule has 0 radical (unpaired) electrons. The molecule has 2 aliphatic heterocycles. The molecule has 1 atom stereocenters. The summed E-state index contributed by atoms with van der Waals surface area (Å²) >= 11 is 0. The quantitative estimate of drug-likeness (QED) is 0.720. The molecular weight excluding hydrogens is 176 g/mol. The van der Waals surface area contributed by atoms with Crippen molar-refractivity contribution >= 4 is 0 Å². The molecule has 2 aliphatic rings. The van der Waals surface area contributed by atoms with E-state index >= 15 is 0 Å². The number of nitrogens with zero attached hydrogens (tertiary/aromatic N) is 1. The fraction of sp³-hybridized carbons (Fsp3) is 1.00. The maximum atomic E-state index is 5.33. The second kappa shape index (κ2) is 4.60. The number of nitrogens with one attached hydrogen (secondary N) is 1. The van der Waals surface area contributed by atoms with Gasteiger partial charge in [0.25, 0.3) is 0 Å².